The number of aromatic nitrogens is 2. The smallest absolute Gasteiger partial charge is 0.417 e. The molecule has 0 atom stereocenters. The molecular weight excluding hydrogens is 425 g/mol. The van der Waals surface area contributed by atoms with E-state index in [2.05, 4.69) is 9.97 Å². The second kappa shape index (κ2) is 8.93. The fraction of sp³-hybridized carbons (Fsp3) is 0.500. The summed E-state index contributed by atoms with van der Waals surface area (Å²) in [6.07, 6.45) is -0.299. The number of alkyl halides is 3. The number of halogens is 3. The number of hydrogen-bond donors (Lipinski definition) is 0. The SMILES string of the molecule is COc1ccnc(CN2CC3(CCN(c4ccc(C(F)(F)F)cn4)CC3)OCCC2=O)c1. The molecule has 10 heteroatoms. The van der Waals surface area contributed by atoms with E-state index in [0.29, 0.717) is 63.6 Å². The van der Waals surface area contributed by atoms with Gasteiger partial charge in [-0.2, -0.15) is 13.2 Å². The third-order valence-electron chi connectivity index (χ3n) is 6.01. The van der Waals surface area contributed by atoms with Gasteiger partial charge in [0.2, 0.25) is 5.91 Å². The monoisotopic (exact) mass is 450 g/mol. The van der Waals surface area contributed by atoms with Crippen molar-refractivity contribution < 1.29 is 27.4 Å². The lowest BCUT2D eigenvalue weighted by Gasteiger charge is -2.43. The zero-order chi connectivity index (χ0) is 22.8. The minimum absolute atomic E-state index is 0.0123. The minimum atomic E-state index is -4.40. The van der Waals surface area contributed by atoms with Crippen LogP contribution in [-0.2, 0) is 22.3 Å². The average molecular weight is 450 g/mol. The number of pyridine rings is 2. The van der Waals surface area contributed by atoms with Crippen LogP contribution in [0.3, 0.4) is 0 Å². The number of ether oxygens (including phenoxy) is 2. The lowest BCUT2D eigenvalue weighted by molar-refractivity contribution is -0.137. The highest BCUT2D eigenvalue weighted by Gasteiger charge is 2.41. The molecule has 0 aliphatic carbocycles. The largest absolute Gasteiger partial charge is 0.497 e. The molecule has 7 nitrogen and oxygen atoms in total. The van der Waals surface area contributed by atoms with Gasteiger partial charge in [-0.25, -0.2) is 4.98 Å². The van der Waals surface area contributed by atoms with Gasteiger partial charge in [0.1, 0.15) is 11.6 Å². The molecule has 1 spiro atoms. The Balaban J connectivity index is 1.43. The fourth-order valence-electron chi connectivity index (χ4n) is 4.19. The van der Waals surface area contributed by atoms with Crippen molar-refractivity contribution in [2.45, 2.75) is 37.6 Å². The van der Waals surface area contributed by atoms with Crippen molar-refractivity contribution in [1.29, 1.82) is 0 Å². The van der Waals surface area contributed by atoms with Crippen LogP contribution in [0.5, 0.6) is 5.75 Å². The van der Waals surface area contributed by atoms with E-state index in [-0.39, 0.29) is 5.91 Å². The number of amides is 1. The predicted octanol–water partition coefficient (Wildman–Crippen LogP) is 3.29. The molecule has 0 radical (unpaired) electrons. The Morgan fingerprint density at radius 3 is 2.62 bits per heavy atom. The van der Waals surface area contributed by atoms with Crippen molar-refractivity contribution in [2.24, 2.45) is 0 Å². The van der Waals surface area contributed by atoms with E-state index < -0.39 is 17.3 Å². The van der Waals surface area contributed by atoms with Crippen LogP contribution < -0.4 is 9.64 Å². The topological polar surface area (TPSA) is 67.8 Å². The van der Waals surface area contributed by atoms with Gasteiger partial charge in [-0.05, 0) is 31.0 Å². The molecule has 0 saturated carbocycles. The van der Waals surface area contributed by atoms with Crippen molar-refractivity contribution in [3.05, 3.63) is 47.9 Å². The highest BCUT2D eigenvalue weighted by molar-refractivity contribution is 5.76. The van der Waals surface area contributed by atoms with E-state index in [4.69, 9.17) is 9.47 Å². The van der Waals surface area contributed by atoms with Gasteiger partial charge in [-0.1, -0.05) is 0 Å². The Labute approximate surface area is 184 Å². The molecule has 32 heavy (non-hydrogen) atoms. The molecule has 1 amide bonds. The molecule has 0 unspecified atom stereocenters. The van der Waals surface area contributed by atoms with Gasteiger partial charge < -0.3 is 19.3 Å². The van der Waals surface area contributed by atoms with Crippen LogP contribution in [0.2, 0.25) is 0 Å². The molecule has 4 rings (SSSR count). The maximum Gasteiger partial charge on any atom is 0.417 e. The van der Waals surface area contributed by atoms with Crippen molar-refractivity contribution >= 4 is 11.7 Å². The number of carbonyl (C=O) groups is 1. The van der Waals surface area contributed by atoms with Crippen molar-refractivity contribution in [2.75, 3.05) is 38.3 Å². The summed E-state index contributed by atoms with van der Waals surface area (Å²) in [5.74, 6) is 1.20. The molecule has 2 aliphatic heterocycles. The first kappa shape index (κ1) is 22.3. The molecule has 2 fully saturated rings. The van der Waals surface area contributed by atoms with Crippen LogP contribution in [0.15, 0.2) is 36.7 Å². The van der Waals surface area contributed by atoms with E-state index in [9.17, 15) is 18.0 Å². The van der Waals surface area contributed by atoms with E-state index in [0.717, 1.165) is 18.0 Å². The van der Waals surface area contributed by atoms with Crippen molar-refractivity contribution in [3.8, 4) is 5.75 Å². The van der Waals surface area contributed by atoms with Crippen molar-refractivity contribution in [1.82, 2.24) is 14.9 Å². The summed E-state index contributed by atoms with van der Waals surface area (Å²) in [6, 6.07) is 6.02. The highest BCUT2D eigenvalue weighted by atomic mass is 19.4. The Morgan fingerprint density at radius 2 is 1.97 bits per heavy atom. The molecule has 0 N–H and O–H groups in total. The average Bonchev–Trinajstić information content (AvgIpc) is 2.92. The van der Waals surface area contributed by atoms with Crippen LogP contribution >= 0.6 is 0 Å². The van der Waals surface area contributed by atoms with Crippen LogP contribution in [0.1, 0.15) is 30.5 Å². The Kier molecular flexibility index (Phi) is 6.23. The number of carbonyl (C=O) groups excluding carboxylic acids is 1. The van der Waals surface area contributed by atoms with Crippen LogP contribution in [0.4, 0.5) is 19.0 Å². The summed E-state index contributed by atoms with van der Waals surface area (Å²) in [6.45, 7) is 2.32. The summed E-state index contributed by atoms with van der Waals surface area (Å²) in [4.78, 5) is 24.8. The van der Waals surface area contributed by atoms with Gasteiger partial charge in [0.25, 0.3) is 0 Å². The second-order valence-corrected chi connectivity index (χ2v) is 8.11. The first-order valence-corrected chi connectivity index (χ1v) is 10.5. The van der Waals surface area contributed by atoms with E-state index in [1.54, 1.807) is 24.3 Å². The predicted molar refractivity (Wildman–Crippen MR) is 110 cm³/mol. The normalized spacial score (nSPS) is 19.2. The quantitative estimate of drug-likeness (QED) is 0.712. The number of anilines is 1. The maximum atomic E-state index is 12.8. The lowest BCUT2D eigenvalue weighted by atomic mass is 9.90. The molecule has 2 aromatic rings. The number of nitrogens with zero attached hydrogens (tertiary/aromatic N) is 4. The molecule has 2 aromatic heterocycles. The highest BCUT2D eigenvalue weighted by Crippen LogP contribution is 2.33. The number of hydrogen-bond acceptors (Lipinski definition) is 6. The Hall–Kier alpha value is -2.88. The fourth-order valence-corrected chi connectivity index (χ4v) is 4.19. The molecule has 0 aromatic carbocycles. The molecule has 0 bridgehead atoms. The van der Waals surface area contributed by atoms with Gasteiger partial charge >= 0.3 is 6.18 Å². The number of piperidine rings is 1. The minimum Gasteiger partial charge on any atom is -0.497 e. The molecule has 4 heterocycles. The van der Waals surface area contributed by atoms with Gasteiger partial charge in [0, 0.05) is 31.5 Å². The second-order valence-electron chi connectivity index (χ2n) is 8.11. The summed E-state index contributed by atoms with van der Waals surface area (Å²) >= 11 is 0. The third kappa shape index (κ3) is 4.95. The van der Waals surface area contributed by atoms with E-state index in [1.165, 1.54) is 6.07 Å². The molecular formula is C22H25F3N4O3. The van der Waals surface area contributed by atoms with Crippen LogP contribution in [0, 0.1) is 0 Å². The summed E-state index contributed by atoms with van der Waals surface area (Å²) in [5.41, 5.74) is -0.517. The first-order valence-electron chi connectivity index (χ1n) is 10.5. The zero-order valence-electron chi connectivity index (χ0n) is 17.8. The third-order valence-corrected chi connectivity index (χ3v) is 6.01. The van der Waals surface area contributed by atoms with Crippen LogP contribution in [-0.4, -0.2) is 59.7 Å². The maximum absolute atomic E-state index is 12.8. The zero-order valence-corrected chi connectivity index (χ0v) is 17.8. The van der Waals surface area contributed by atoms with E-state index >= 15 is 0 Å². The molecule has 172 valence electrons. The summed E-state index contributed by atoms with van der Waals surface area (Å²) in [7, 11) is 1.58. The Morgan fingerprint density at radius 1 is 1.19 bits per heavy atom. The standard InChI is InChI=1S/C22H25F3N4O3/c1-31-18-4-8-26-17(12-18)14-29-15-21(32-11-5-20(29)30)6-9-28(10-7-21)19-3-2-16(13-27-19)22(23,24)25/h2-4,8,12-13H,5-7,9-11,14-15H2,1H3. The van der Waals surface area contributed by atoms with Gasteiger partial charge in [0.15, 0.2) is 0 Å². The summed E-state index contributed by atoms with van der Waals surface area (Å²) in [5, 5.41) is 0. The van der Waals surface area contributed by atoms with Gasteiger partial charge in [-0.15, -0.1) is 0 Å². The Bertz CT molecular complexity index is 944. The molecule has 2 saturated heterocycles. The number of rotatable bonds is 4. The van der Waals surface area contributed by atoms with E-state index in [1.807, 2.05) is 11.0 Å². The first-order chi connectivity index (χ1) is 15.3. The van der Waals surface area contributed by atoms with Gasteiger partial charge in [0.05, 0.1) is 50.1 Å². The summed E-state index contributed by atoms with van der Waals surface area (Å²) < 4.78 is 49.8. The lowest BCUT2D eigenvalue weighted by Crippen LogP contribution is -2.52. The molecule has 2 aliphatic rings. The van der Waals surface area contributed by atoms with Crippen LogP contribution in [0.25, 0.3) is 0 Å². The van der Waals surface area contributed by atoms with Gasteiger partial charge in [-0.3, -0.25) is 9.78 Å². The number of methoxy groups -OCH3 is 1. The van der Waals surface area contributed by atoms with Crippen molar-refractivity contribution in [3.63, 3.8) is 0 Å².